The van der Waals surface area contributed by atoms with Crippen molar-refractivity contribution >= 4 is 28.4 Å². The van der Waals surface area contributed by atoms with Crippen LogP contribution in [0.3, 0.4) is 0 Å². The van der Waals surface area contributed by atoms with E-state index >= 15 is 0 Å². The second kappa shape index (κ2) is 7.10. The van der Waals surface area contributed by atoms with Crippen molar-refractivity contribution in [2.45, 2.75) is 6.92 Å². The molecule has 0 atom stereocenters. The molecule has 0 saturated heterocycles. The number of anilines is 1. The van der Waals surface area contributed by atoms with Crippen LogP contribution in [0.2, 0.25) is 0 Å². The number of nitro benzene ring substituents is 1. The predicted molar refractivity (Wildman–Crippen MR) is 96.0 cm³/mol. The Bertz CT molecular complexity index is 938. The molecule has 3 rings (SSSR count). The molecule has 0 aliphatic carbocycles. The van der Waals surface area contributed by atoms with E-state index in [9.17, 15) is 15.2 Å². The van der Waals surface area contributed by atoms with Crippen LogP contribution in [0.4, 0.5) is 10.8 Å². The topological polar surface area (TPSA) is 103 Å². The molecule has 0 radical (unpaired) electrons. The lowest BCUT2D eigenvalue weighted by Crippen LogP contribution is -1.99. The highest BCUT2D eigenvalue weighted by Gasteiger charge is 2.09. The monoisotopic (exact) mass is 353 g/mol. The van der Waals surface area contributed by atoms with Crippen molar-refractivity contribution in [2.24, 2.45) is 5.10 Å². The first kappa shape index (κ1) is 16.6. The number of hydrazone groups is 1. The van der Waals surface area contributed by atoms with Crippen LogP contribution in [0.25, 0.3) is 11.3 Å². The van der Waals surface area contributed by atoms with E-state index in [1.54, 1.807) is 0 Å². The van der Waals surface area contributed by atoms with E-state index in [1.165, 1.54) is 29.7 Å². The third-order valence-corrected chi connectivity index (χ3v) is 4.29. The third kappa shape index (κ3) is 3.81. The first-order valence-electron chi connectivity index (χ1n) is 7.32. The second-order valence-corrected chi connectivity index (χ2v) is 6.34. The summed E-state index contributed by atoms with van der Waals surface area (Å²) in [5.74, 6) is -0.337. The molecule has 0 aliphatic heterocycles. The highest BCUT2D eigenvalue weighted by Crippen LogP contribution is 2.30. The summed E-state index contributed by atoms with van der Waals surface area (Å²) in [7, 11) is 0. The lowest BCUT2D eigenvalue weighted by Gasteiger charge is -2.08. The number of non-ortho nitro benzene ring substituents is 1. The average Bonchev–Trinajstić information content (AvgIpc) is 2.98. The molecule has 1 aromatic heterocycles. The normalized spacial score (nSPS) is 10.9. The molecule has 0 aliphatic rings. The van der Waals surface area contributed by atoms with Gasteiger partial charge in [0.15, 0.2) is 0 Å². The summed E-state index contributed by atoms with van der Waals surface area (Å²) in [4.78, 5) is 15.7. The zero-order valence-electron chi connectivity index (χ0n) is 13.2. The molecule has 126 valence electrons. The van der Waals surface area contributed by atoms with Gasteiger partial charge in [-0.1, -0.05) is 42.1 Å². The van der Waals surface area contributed by atoms with Crippen LogP contribution >= 0.6 is 11.3 Å². The molecule has 8 heteroatoms. The SMILES string of the molecule is Cc1sc(N/N=C\c2cc([N+](=O)[O-])ccc2[O-])nc1-c1ccccc1. The van der Waals surface area contributed by atoms with Gasteiger partial charge in [-0.15, -0.1) is 11.3 Å². The molecule has 0 bridgehead atoms. The summed E-state index contributed by atoms with van der Waals surface area (Å²) in [6.07, 6.45) is 1.26. The van der Waals surface area contributed by atoms with Gasteiger partial charge in [-0.2, -0.15) is 5.10 Å². The van der Waals surface area contributed by atoms with Gasteiger partial charge in [-0.3, -0.25) is 15.5 Å². The molecule has 7 nitrogen and oxygen atoms in total. The number of thiazole rings is 1. The van der Waals surface area contributed by atoms with Crippen LogP contribution in [-0.4, -0.2) is 16.1 Å². The van der Waals surface area contributed by atoms with Gasteiger partial charge in [0.05, 0.1) is 16.8 Å². The van der Waals surface area contributed by atoms with Gasteiger partial charge in [0.2, 0.25) is 5.13 Å². The number of rotatable bonds is 5. The van der Waals surface area contributed by atoms with E-state index in [0.29, 0.717) is 5.13 Å². The van der Waals surface area contributed by atoms with Crippen LogP contribution in [0.1, 0.15) is 10.4 Å². The Kier molecular flexibility index (Phi) is 4.71. The average molecular weight is 353 g/mol. The maximum Gasteiger partial charge on any atom is 0.270 e. The number of nitro groups is 1. The van der Waals surface area contributed by atoms with Crippen LogP contribution < -0.4 is 10.5 Å². The molecule has 0 spiro atoms. The Morgan fingerprint density at radius 3 is 2.72 bits per heavy atom. The first-order valence-corrected chi connectivity index (χ1v) is 8.13. The van der Waals surface area contributed by atoms with Crippen molar-refractivity contribution < 1.29 is 10.0 Å². The molecule has 0 unspecified atom stereocenters. The minimum absolute atomic E-state index is 0.137. The molecule has 2 aromatic carbocycles. The van der Waals surface area contributed by atoms with E-state index in [4.69, 9.17) is 0 Å². The van der Waals surface area contributed by atoms with Crippen molar-refractivity contribution in [1.82, 2.24) is 4.98 Å². The molecule has 0 saturated carbocycles. The third-order valence-electron chi connectivity index (χ3n) is 3.41. The van der Waals surface area contributed by atoms with Crippen LogP contribution in [0, 0.1) is 17.0 Å². The highest BCUT2D eigenvalue weighted by molar-refractivity contribution is 7.15. The van der Waals surface area contributed by atoms with Gasteiger partial charge in [0.1, 0.15) is 0 Å². The summed E-state index contributed by atoms with van der Waals surface area (Å²) in [6, 6.07) is 13.3. The van der Waals surface area contributed by atoms with Gasteiger partial charge in [0, 0.05) is 22.6 Å². The Labute approximate surface area is 147 Å². The zero-order valence-corrected chi connectivity index (χ0v) is 14.0. The fraction of sp³-hybridized carbons (Fsp3) is 0.0588. The van der Waals surface area contributed by atoms with Crippen molar-refractivity contribution in [3.8, 4) is 17.0 Å². The minimum atomic E-state index is -0.555. The molecule has 1 N–H and O–H groups in total. The van der Waals surface area contributed by atoms with Crippen LogP contribution in [0.15, 0.2) is 53.6 Å². The van der Waals surface area contributed by atoms with Gasteiger partial charge >= 0.3 is 0 Å². The maximum absolute atomic E-state index is 11.7. The predicted octanol–water partition coefficient (Wildman–Crippen LogP) is 3.55. The fourth-order valence-electron chi connectivity index (χ4n) is 2.22. The maximum atomic E-state index is 11.7. The van der Waals surface area contributed by atoms with Gasteiger partial charge in [-0.05, 0) is 12.5 Å². The molecule has 25 heavy (non-hydrogen) atoms. The van der Waals surface area contributed by atoms with E-state index in [-0.39, 0.29) is 17.0 Å². The fourth-order valence-corrected chi connectivity index (χ4v) is 3.00. The van der Waals surface area contributed by atoms with Crippen LogP contribution in [-0.2, 0) is 0 Å². The Morgan fingerprint density at radius 2 is 2.00 bits per heavy atom. The highest BCUT2D eigenvalue weighted by atomic mass is 32.1. The van der Waals surface area contributed by atoms with E-state index in [0.717, 1.165) is 22.2 Å². The molecule has 0 fully saturated rings. The zero-order chi connectivity index (χ0) is 17.8. The summed E-state index contributed by atoms with van der Waals surface area (Å²) in [5.41, 5.74) is 4.62. The molecule has 1 heterocycles. The molecular weight excluding hydrogens is 340 g/mol. The number of nitrogens with zero attached hydrogens (tertiary/aromatic N) is 3. The summed E-state index contributed by atoms with van der Waals surface area (Å²) >= 11 is 1.43. The lowest BCUT2D eigenvalue weighted by atomic mass is 10.1. The number of hydrogen-bond acceptors (Lipinski definition) is 7. The number of hydrogen-bond donors (Lipinski definition) is 1. The van der Waals surface area contributed by atoms with Crippen molar-refractivity contribution in [1.29, 1.82) is 0 Å². The largest absolute Gasteiger partial charge is 0.872 e. The van der Waals surface area contributed by atoms with Crippen molar-refractivity contribution in [3.05, 3.63) is 69.1 Å². The summed E-state index contributed by atoms with van der Waals surface area (Å²) in [5, 5.41) is 27.0. The van der Waals surface area contributed by atoms with Crippen molar-refractivity contribution in [2.75, 3.05) is 5.43 Å². The summed E-state index contributed by atoms with van der Waals surface area (Å²) < 4.78 is 0. The van der Waals surface area contributed by atoms with Gasteiger partial charge in [0.25, 0.3) is 5.69 Å². The van der Waals surface area contributed by atoms with Gasteiger partial charge < -0.3 is 5.11 Å². The Hall–Kier alpha value is -3.26. The van der Waals surface area contributed by atoms with E-state index in [1.807, 2.05) is 37.3 Å². The Morgan fingerprint density at radius 1 is 1.24 bits per heavy atom. The first-order chi connectivity index (χ1) is 12.0. The molecule has 0 amide bonds. The van der Waals surface area contributed by atoms with Crippen molar-refractivity contribution in [3.63, 3.8) is 0 Å². The van der Waals surface area contributed by atoms with Crippen LogP contribution in [0.5, 0.6) is 5.75 Å². The number of aryl methyl sites for hydroxylation is 1. The van der Waals surface area contributed by atoms with E-state index < -0.39 is 4.92 Å². The summed E-state index contributed by atoms with van der Waals surface area (Å²) in [6.45, 7) is 1.96. The quantitative estimate of drug-likeness (QED) is 0.429. The second-order valence-electron chi connectivity index (χ2n) is 5.14. The Balaban J connectivity index is 1.77. The molecular formula is C17H13N4O3S-. The number of benzene rings is 2. The minimum Gasteiger partial charge on any atom is -0.872 e. The number of aromatic nitrogens is 1. The lowest BCUT2D eigenvalue weighted by molar-refractivity contribution is -0.385. The van der Waals surface area contributed by atoms with E-state index in [2.05, 4.69) is 15.5 Å². The number of nitrogens with one attached hydrogen (secondary N) is 1. The molecule has 3 aromatic rings. The smallest absolute Gasteiger partial charge is 0.270 e. The van der Waals surface area contributed by atoms with Gasteiger partial charge in [-0.25, -0.2) is 4.98 Å². The standard InChI is InChI=1S/C17H14N4O3S/c1-11-16(12-5-3-2-4-6-12)19-17(25-11)20-18-10-13-9-14(21(23)24)7-8-15(13)22/h2-10,22H,1H3,(H,19,20)/p-1/b18-10-.